The molecular formula is C26H19F3O3Sn. The van der Waals surface area contributed by atoms with E-state index >= 15 is 0 Å². The minimum absolute atomic E-state index is 0.507. The van der Waals surface area contributed by atoms with E-state index in [0.717, 1.165) is 17.8 Å². The first kappa shape index (κ1) is 22.9. The Labute approximate surface area is 193 Å². The number of hydrogen-bond donors (Lipinski definition) is 0. The summed E-state index contributed by atoms with van der Waals surface area (Å²) in [6.07, 6.45) is 0. The van der Waals surface area contributed by atoms with Gasteiger partial charge in [0.15, 0.2) is 0 Å². The molecule has 0 saturated heterocycles. The number of rotatable bonds is 6. The topological polar surface area (TPSA) is 35.5 Å². The molecule has 0 fully saturated rings. The van der Waals surface area contributed by atoms with Gasteiger partial charge in [-0.15, -0.1) is 0 Å². The van der Waals surface area contributed by atoms with Crippen LogP contribution in [0.3, 0.4) is 0 Å². The van der Waals surface area contributed by atoms with E-state index in [0.29, 0.717) is 6.07 Å². The zero-order valence-corrected chi connectivity index (χ0v) is 20.5. The van der Waals surface area contributed by atoms with E-state index in [2.05, 4.69) is 4.74 Å². The van der Waals surface area contributed by atoms with Crippen molar-refractivity contribution in [2.75, 3.05) is 7.11 Å². The van der Waals surface area contributed by atoms with E-state index in [-0.39, 0.29) is 0 Å². The number of methoxy groups -OCH3 is 1. The molecule has 166 valence electrons. The fourth-order valence-corrected chi connectivity index (χ4v) is 14.4. The van der Waals surface area contributed by atoms with Crippen molar-refractivity contribution in [3.63, 3.8) is 0 Å². The van der Waals surface area contributed by atoms with Gasteiger partial charge in [-0.3, -0.25) is 0 Å². The van der Waals surface area contributed by atoms with Gasteiger partial charge in [-0.2, -0.15) is 0 Å². The molecule has 0 radical (unpaired) electrons. The van der Waals surface area contributed by atoms with Crippen LogP contribution in [0.25, 0.3) is 0 Å². The van der Waals surface area contributed by atoms with Gasteiger partial charge >= 0.3 is 194 Å². The second-order valence-corrected chi connectivity index (χ2v) is 16.7. The average molecular weight is 555 g/mol. The van der Waals surface area contributed by atoms with Gasteiger partial charge in [0.2, 0.25) is 0 Å². The van der Waals surface area contributed by atoms with Gasteiger partial charge in [0.1, 0.15) is 0 Å². The molecule has 0 aliphatic rings. The Kier molecular flexibility index (Phi) is 6.74. The van der Waals surface area contributed by atoms with Crippen molar-refractivity contribution in [1.29, 1.82) is 0 Å². The monoisotopic (exact) mass is 556 g/mol. The number of benzene rings is 4. The van der Waals surface area contributed by atoms with Crippen molar-refractivity contribution in [1.82, 2.24) is 0 Å². The summed E-state index contributed by atoms with van der Waals surface area (Å²) in [5.41, 5.74) is -0.727. The number of carbonyl (C=O) groups is 1. The van der Waals surface area contributed by atoms with Crippen molar-refractivity contribution < 1.29 is 25.8 Å². The molecule has 0 bridgehead atoms. The summed E-state index contributed by atoms with van der Waals surface area (Å²) in [7, 11) is 0.997. The van der Waals surface area contributed by atoms with Crippen LogP contribution >= 0.6 is 0 Å². The fourth-order valence-electron chi connectivity index (χ4n) is 3.80. The fraction of sp³-hybridized carbons (Fsp3) is 0.0385. The van der Waals surface area contributed by atoms with Crippen molar-refractivity contribution in [2.45, 2.75) is 0 Å². The van der Waals surface area contributed by atoms with Gasteiger partial charge < -0.3 is 0 Å². The number of halogens is 3. The maximum absolute atomic E-state index is 14.9. The Bertz CT molecular complexity index is 1170. The third-order valence-corrected chi connectivity index (χ3v) is 16.5. The van der Waals surface area contributed by atoms with E-state index in [1.54, 1.807) is 0 Å². The van der Waals surface area contributed by atoms with Crippen LogP contribution in [0.15, 0.2) is 97.1 Å². The molecule has 0 N–H and O–H groups in total. The first-order valence-electron chi connectivity index (χ1n) is 10.1. The Morgan fingerprint density at radius 2 is 1.12 bits per heavy atom. The first-order chi connectivity index (χ1) is 16.0. The molecule has 0 aliphatic carbocycles. The van der Waals surface area contributed by atoms with Crippen molar-refractivity contribution in [3.8, 4) is 5.75 Å². The summed E-state index contributed by atoms with van der Waals surface area (Å²) in [4.78, 5) is 13.4. The Hall–Kier alpha value is -3.26. The van der Waals surface area contributed by atoms with Gasteiger partial charge in [0.05, 0.1) is 0 Å². The van der Waals surface area contributed by atoms with Crippen LogP contribution in [0.5, 0.6) is 5.75 Å². The number of carbonyl (C=O) groups excluding carboxylic acids is 1. The summed E-state index contributed by atoms with van der Waals surface area (Å²) in [5.74, 6) is -6.27. The van der Waals surface area contributed by atoms with Gasteiger partial charge in [0, 0.05) is 0 Å². The van der Waals surface area contributed by atoms with Crippen LogP contribution in [0.1, 0.15) is 10.4 Å². The van der Waals surface area contributed by atoms with E-state index in [4.69, 9.17) is 3.07 Å². The molecule has 7 heteroatoms. The predicted molar refractivity (Wildman–Crippen MR) is 122 cm³/mol. The van der Waals surface area contributed by atoms with E-state index in [9.17, 15) is 18.0 Å². The number of hydrogen-bond acceptors (Lipinski definition) is 3. The molecular weight excluding hydrogens is 536 g/mol. The first-order valence-corrected chi connectivity index (χ1v) is 15.5. The predicted octanol–water partition coefficient (Wildman–Crippen LogP) is 3.94. The molecule has 33 heavy (non-hydrogen) atoms. The third kappa shape index (κ3) is 4.22. The summed E-state index contributed by atoms with van der Waals surface area (Å²) in [6, 6.07) is 28.3. The Balaban J connectivity index is 1.96. The van der Waals surface area contributed by atoms with Crippen molar-refractivity contribution >= 4 is 35.5 Å². The second-order valence-electron chi connectivity index (χ2n) is 7.24. The van der Waals surface area contributed by atoms with E-state index in [1.807, 2.05) is 91.0 Å². The summed E-state index contributed by atoms with van der Waals surface area (Å²) in [5, 5.41) is 0. The SMILES string of the molecule is COc1c(F)c(F)cc(C(=O)[O][Sn]([c]2ccccc2)([c]2ccccc2)[c]2ccccc2)c1F. The molecule has 0 unspecified atom stereocenters. The van der Waals surface area contributed by atoms with Gasteiger partial charge in [-0.1, -0.05) is 0 Å². The van der Waals surface area contributed by atoms with Crippen LogP contribution in [-0.4, -0.2) is 31.9 Å². The summed E-state index contributed by atoms with van der Waals surface area (Å²) < 4.78 is 56.3. The molecule has 0 saturated carbocycles. The molecule has 4 aromatic carbocycles. The van der Waals surface area contributed by atoms with E-state index in [1.165, 1.54) is 0 Å². The Morgan fingerprint density at radius 3 is 1.52 bits per heavy atom. The molecule has 4 aromatic rings. The maximum atomic E-state index is 14.9. The van der Waals surface area contributed by atoms with Crippen LogP contribution in [0.4, 0.5) is 13.2 Å². The minimum atomic E-state index is -4.56. The average Bonchev–Trinajstić information content (AvgIpc) is 2.86. The van der Waals surface area contributed by atoms with Crippen LogP contribution in [0, 0.1) is 17.5 Å². The second kappa shape index (κ2) is 9.70. The molecule has 0 spiro atoms. The van der Waals surface area contributed by atoms with Gasteiger partial charge in [-0.25, -0.2) is 0 Å². The van der Waals surface area contributed by atoms with Crippen LogP contribution in [-0.2, 0) is 3.07 Å². The number of ether oxygens (including phenoxy) is 1. The van der Waals surface area contributed by atoms with Crippen molar-refractivity contribution in [2.24, 2.45) is 0 Å². The van der Waals surface area contributed by atoms with E-state index < -0.39 is 53.5 Å². The molecule has 0 amide bonds. The van der Waals surface area contributed by atoms with Crippen LogP contribution in [0.2, 0.25) is 0 Å². The molecule has 0 atom stereocenters. The zero-order chi connectivity index (χ0) is 23.4. The molecule has 4 rings (SSSR count). The summed E-state index contributed by atoms with van der Waals surface area (Å²) in [6.45, 7) is 0. The Morgan fingerprint density at radius 1 is 0.697 bits per heavy atom. The van der Waals surface area contributed by atoms with Crippen LogP contribution < -0.4 is 15.5 Å². The zero-order valence-electron chi connectivity index (χ0n) is 17.6. The molecule has 0 aliphatic heterocycles. The standard InChI is InChI=1S/C8H5F3O3.3C6H5.Sn/c1-14-7-5(10)3(8(12)13)2-4(9)6(7)11;3*1-2-4-6-5-3-1;/h2H,1H3,(H,12,13);3*1-5H;/q;;;;+1/p-1. The summed E-state index contributed by atoms with van der Waals surface area (Å²) >= 11 is -4.56. The van der Waals surface area contributed by atoms with Gasteiger partial charge in [-0.05, 0) is 0 Å². The quantitative estimate of drug-likeness (QED) is 0.268. The third-order valence-electron chi connectivity index (χ3n) is 5.33. The molecule has 0 aromatic heterocycles. The van der Waals surface area contributed by atoms with Gasteiger partial charge in [0.25, 0.3) is 0 Å². The normalized spacial score (nSPS) is 11.2. The molecule has 0 heterocycles. The molecule has 3 nitrogen and oxygen atoms in total. The van der Waals surface area contributed by atoms with Crippen molar-refractivity contribution in [3.05, 3.63) is 120 Å².